The molecule has 5 N–H and O–H groups in total. The Hall–Kier alpha value is -4.65. The van der Waals surface area contributed by atoms with Crippen LogP contribution in [-0.2, 0) is 11.3 Å². The molecule has 14 heteroatoms. The number of hydrogen-bond acceptors (Lipinski definition) is 8. The molecule has 0 saturated carbocycles. The molecule has 1 aromatic heterocycles. The zero-order valence-electron chi connectivity index (χ0n) is 22.5. The molecule has 42 heavy (non-hydrogen) atoms. The van der Waals surface area contributed by atoms with Gasteiger partial charge < -0.3 is 25.0 Å². The minimum Gasteiger partial charge on any atom is -0.490 e. The van der Waals surface area contributed by atoms with E-state index in [1.54, 1.807) is 36.4 Å². The maximum Gasteiger partial charge on any atom is 0.414 e. The van der Waals surface area contributed by atoms with Crippen LogP contribution in [-0.4, -0.2) is 58.7 Å². The van der Waals surface area contributed by atoms with E-state index in [1.165, 1.54) is 19.1 Å². The van der Waals surface area contributed by atoms with Gasteiger partial charge >= 0.3 is 6.09 Å². The van der Waals surface area contributed by atoms with Gasteiger partial charge in [0.25, 0.3) is 5.91 Å². The first-order valence-corrected chi connectivity index (χ1v) is 13.1. The van der Waals surface area contributed by atoms with E-state index in [4.69, 9.17) is 37.9 Å². The summed E-state index contributed by atoms with van der Waals surface area (Å²) in [4.78, 5) is 37.9. The molecule has 0 aliphatic heterocycles. The van der Waals surface area contributed by atoms with E-state index < -0.39 is 23.9 Å². The fourth-order valence-electron chi connectivity index (χ4n) is 3.67. The molecule has 0 spiro atoms. The zero-order valence-corrected chi connectivity index (χ0v) is 24.0. The van der Waals surface area contributed by atoms with Crippen molar-refractivity contribution in [2.75, 3.05) is 25.0 Å². The monoisotopic (exact) mass is 614 g/mol. The third kappa shape index (κ3) is 8.19. The van der Waals surface area contributed by atoms with Crippen molar-refractivity contribution in [3.05, 3.63) is 88.6 Å². The number of carboxylic acid groups (broad SMARTS) is 1. The van der Waals surface area contributed by atoms with Gasteiger partial charge in [0, 0.05) is 12.1 Å². The summed E-state index contributed by atoms with van der Waals surface area (Å²) in [5, 5.41) is 29.9. The van der Waals surface area contributed by atoms with E-state index in [0.717, 1.165) is 0 Å². The van der Waals surface area contributed by atoms with Gasteiger partial charge in [0.1, 0.15) is 29.4 Å². The Morgan fingerprint density at radius 3 is 2.40 bits per heavy atom. The van der Waals surface area contributed by atoms with Crippen molar-refractivity contribution in [2.45, 2.75) is 13.5 Å². The van der Waals surface area contributed by atoms with E-state index in [1.807, 2.05) is 0 Å². The molecule has 1 heterocycles. The van der Waals surface area contributed by atoms with Crippen molar-refractivity contribution in [3.63, 3.8) is 0 Å². The largest absolute Gasteiger partial charge is 0.490 e. The molecule has 0 radical (unpaired) electrons. The average molecular weight is 615 g/mol. The molecule has 0 aliphatic rings. The van der Waals surface area contributed by atoms with Gasteiger partial charge in [0.05, 0.1) is 28.8 Å². The molecule has 0 saturated heterocycles. The highest BCUT2D eigenvalue weighted by Crippen LogP contribution is 2.32. The van der Waals surface area contributed by atoms with Gasteiger partial charge in [0.2, 0.25) is 11.9 Å². The SMILES string of the molecule is C=CCNCC(=O)Nc1c(Cl)cc(CN(C(=N)NC(=O)c2c(-c3ccc(OCC=C)cc3)noc2C)C(=O)O)cc1Cl. The lowest BCUT2D eigenvalue weighted by Gasteiger charge is -2.21. The number of rotatable bonds is 12. The lowest BCUT2D eigenvalue weighted by Crippen LogP contribution is -2.45. The number of ether oxygens (including phenoxy) is 1. The highest BCUT2D eigenvalue weighted by Gasteiger charge is 2.26. The molecule has 3 amide bonds. The standard InChI is InChI=1S/C28H28Cl2N6O6/c1-4-10-32-14-22(37)33-25-20(29)12-17(13-21(25)30)15-36(28(39)40)27(31)34-26(38)23-16(3)42-35-24(23)18-6-8-19(9-7-18)41-11-5-2/h4-9,12-13,32H,1-2,10-11,14-15H2,3H3,(H,33,37)(H,39,40)(H2,31,34,38). The lowest BCUT2D eigenvalue weighted by molar-refractivity contribution is -0.115. The number of nitrogens with one attached hydrogen (secondary N) is 4. The van der Waals surface area contributed by atoms with Gasteiger partial charge in [-0.15, -0.1) is 6.58 Å². The summed E-state index contributed by atoms with van der Waals surface area (Å²) >= 11 is 12.6. The number of benzene rings is 2. The lowest BCUT2D eigenvalue weighted by atomic mass is 10.1. The van der Waals surface area contributed by atoms with E-state index in [0.29, 0.717) is 34.9 Å². The maximum atomic E-state index is 13.2. The number of hydrogen-bond donors (Lipinski definition) is 5. The number of guanidine groups is 1. The number of carbonyl (C=O) groups is 3. The highest BCUT2D eigenvalue weighted by molar-refractivity contribution is 6.40. The van der Waals surface area contributed by atoms with Crippen LogP contribution >= 0.6 is 23.2 Å². The third-order valence-corrected chi connectivity index (χ3v) is 6.20. The minimum absolute atomic E-state index is 0.00703. The van der Waals surface area contributed by atoms with E-state index >= 15 is 0 Å². The van der Waals surface area contributed by atoms with Crippen molar-refractivity contribution >= 4 is 52.8 Å². The zero-order chi connectivity index (χ0) is 30.8. The average Bonchev–Trinajstić information content (AvgIpc) is 3.34. The number of carbonyl (C=O) groups excluding carboxylic acids is 2. The Balaban J connectivity index is 1.75. The molecule has 2 aromatic carbocycles. The Kier molecular flexibility index (Phi) is 11.3. The maximum absolute atomic E-state index is 13.2. The third-order valence-electron chi connectivity index (χ3n) is 5.60. The Morgan fingerprint density at radius 2 is 1.81 bits per heavy atom. The Morgan fingerprint density at radius 1 is 1.14 bits per heavy atom. The number of anilines is 1. The van der Waals surface area contributed by atoms with Crippen molar-refractivity contribution in [1.82, 2.24) is 20.7 Å². The van der Waals surface area contributed by atoms with Crippen LogP contribution in [0.5, 0.6) is 5.75 Å². The van der Waals surface area contributed by atoms with Crippen molar-refractivity contribution < 1.29 is 28.8 Å². The van der Waals surface area contributed by atoms with Crippen molar-refractivity contribution in [3.8, 4) is 17.0 Å². The number of aromatic nitrogens is 1. The van der Waals surface area contributed by atoms with Crippen LogP contribution in [0.25, 0.3) is 11.3 Å². The summed E-state index contributed by atoms with van der Waals surface area (Å²) < 4.78 is 10.7. The number of halogens is 2. The van der Waals surface area contributed by atoms with Gasteiger partial charge in [-0.2, -0.15) is 0 Å². The van der Waals surface area contributed by atoms with E-state index in [-0.39, 0.29) is 45.8 Å². The first kappa shape index (κ1) is 31.9. The van der Waals surface area contributed by atoms with Crippen LogP contribution < -0.4 is 20.7 Å². The summed E-state index contributed by atoms with van der Waals surface area (Å²) in [7, 11) is 0. The summed E-state index contributed by atoms with van der Waals surface area (Å²) in [5.41, 5.74) is 1.21. The molecule has 0 aliphatic carbocycles. The molecule has 3 aromatic rings. The fourth-order valence-corrected chi connectivity index (χ4v) is 4.30. The molecule has 0 bridgehead atoms. The van der Waals surface area contributed by atoms with Crippen molar-refractivity contribution in [1.29, 1.82) is 5.41 Å². The predicted octanol–water partition coefficient (Wildman–Crippen LogP) is 5.08. The molecule has 3 rings (SSSR count). The minimum atomic E-state index is -1.52. The van der Waals surface area contributed by atoms with E-state index in [9.17, 15) is 19.5 Å². The molecule has 0 unspecified atom stereocenters. The van der Waals surface area contributed by atoms with Crippen LogP contribution in [0.15, 0.2) is 66.2 Å². The van der Waals surface area contributed by atoms with Gasteiger partial charge in [-0.05, 0) is 48.9 Å². The van der Waals surface area contributed by atoms with Gasteiger partial charge in [-0.3, -0.25) is 20.3 Å². The molecule has 12 nitrogen and oxygen atoms in total. The highest BCUT2D eigenvalue weighted by atomic mass is 35.5. The van der Waals surface area contributed by atoms with Crippen LogP contribution in [0.2, 0.25) is 10.0 Å². The quantitative estimate of drug-likeness (QED) is 0.0813. The molecule has 0 atom stereocenters. The second kappa shape index (κ2) is 14.8. The number of amides is 3. The summed E-state index contributed by atoms with van der Waals surface area (Å²) in [5.74, 6) is -1.18. The Bertz CT molecular complexity index is 1480. The summed E-state index contributed by atoms with van der Waals surface area (Å²) in [6, 6.07) is 9.53. The van der Waals surface area contributed by atoms with Crippen LogP contribution in [0.1, 0.15) is 21.7 Å². The smallest absolute Gasteiger partial charge is 0.414 e. The first-order valence-electron chi connectivity index (χ1n) is 12.4. The van der Waals surface area contributed by atoms with Crippen LogP contribution in [0.3, 0.4) is 0 Å². The predicted molar refractivity (Wildman–Crippen MR) is 159 cm³/mol. The molecule has 0 fully saturated rings. The molecular weight excluding hydrogens is 587 g/mol. The Labute approximate surface area is 251 Å². The second-order valence-corrected chi connectivity index (χ2v) is 9.47. The summed E-state index contributed by atoms with van der Waals surface area (Å²) in [6.45, 7) is 9.03. The number of aryl methyl sites for hydroxylation is 1. The second-order valence-electron chi connectivity index (χ2n) is 8.66. The number of nitrogens with zero attached hydrogens (tertiary/aromatic N) is 2. The van der Waals surface area contributed by atoms with Crippen LogP contribution in [0.4, 0.5) is 10.5 Å². The fraction of sp³-hybridized carbons (Fsp3) is 0.179. The van der Waals surface area contributed by atoms with E-state index in [2.05, 4.69) is 34.3 Å². The van der Waals surface area contributed by atoms with Gasteiger partial charge in [-0.25, -0.2) is 9.69 Å². The van der Waals surface area contributed by atoms with Crippen LogP contribution in [0, 0.1) is 12.3 Å². The van der Waals surface area contributed by atoms with Gasteiger partial charge in [-0.1, -0.05) is 47.1 Å². The molecular formula is C28H28Cl2N6O6. The van der Waals surface area contributed by atoms with Crippen molar-refractivity contribution in [2.24, 2.45) is 0 Å². The summed E-state index contributed by atoms with van der Waals surface area (Å²) in [6.07, 6.45) is 1.69. The first-order chi connectivity index (χ1) is 20.0. The normalized spacial score (nSPS) is 10.5. The topological polar surface area (TPSA) is 170 Å². The van der Waals surface area contributed by atoms with Gasteiger partial charge in [0.15, 0.2) is 0 Å². The molecule has 220 valence electrons.